The molecule has 0 heterocycles. The molecule has 0 amide bonds. The molecule has 2 aromatic rings. The second kappa shape index (κ2) is 16.1. The number of hydrogen-bond acceptors (Lipinski definition) is 5. The normalized spacial score (nSPS) is 27.4. The van der Waals surface area contributed by atoms with Crippen LogP contribution in [0.1, 0.15) is 142 Å². The molecule has 0 aromatic heterocycles. The number of allylic oxidation sites excluding steroid dienone is 5. The Kier molecular flexibility index (Phi) is 11.6. The maximum Gasteiger partial charge on any atom is 0.140 e. The molecular weight excluding hydrogens is 681 g/mol. The summed E-state index contributed by atoms with van der Waals surface area (Å²) in [5.74, 6) is 0.565. The molecule has 294 valence electrons. The first-order chi connectivity index (χ1) is 26.3. The number of carbonyl (C=O) groups excluding carboxylic acids is 4. The van der Waals surface area contributed by atoms with Gasteiger partial charge in [-0.25, -0.2) is 0 Å². The van der Waals surface area contributed by atoms with Crippen molar-refractivity contribution in [2.45, 2.75) is 143 Å². The van der Waals surface area contributed by atoms with Crippen molar-refractivity contribution in [2.24, 2.45) is 46.3 Å². The number of ketones is 4. The van der Waals surface area contributed by atoms with Crippen molar-refractivity contribution in [1.82, 2.24) is 0 Å². The second-order valence-corrected chi connectivity index (χ2v) is 19.3. The summed E-state index contributed by atoms with van der Waals surface area (Å²) in [6, 6.07) is 11.0. The molecule has 7 rings (SSSR count). The van der Waals surface area contributed by atoms with Gasteiger partial charge in [-0.15, -0.1) is 6.58 Å². The number of carbonyl (C=O) groups is 4. The summed E-state index contributed by atoms with van der Waals surface area (Å²) in [6.07, 6.45) is 20.2. The Hall–Kier alpha value is -3.60. The maximum absolute atomic E-state index is 14.9. The van der Waals surface area contributed by atoms with E-state index < -0.39 is 28.6 Å². The highest BCUT2D eigenvalue weighted by Gasteiger charge is 2.59. The molecule has 5 nitrogen and oxygen atoms in total. The Labute approximate surface area is 329 Å². The fourth-order valence-corrected chi connectivity index (χ4v) is 10.6. The molecule has 2 aromatic carbocycles. The van der Waals surface area contributed by atoms with Crippen LogP contribution in [0.3, 0.4) is 0 Å². The molecule has 6 unspecified atom stereocenters. The lowest BCUT2D eigenvalue weighted by Crippen LogP contribution is -2.38. The average molecular weight is 745 g/mol. The molecule has 0 saturated heterocycles. The molecule has 6 atom stereocenters. The zero-order valence-corrected chi connectivity index (χ0v) is 34.2. The SMILES string of the molecule is C=CC1CC1(CC(=O)C1CC(Oc2cc(C3=CCC(CC4CCC4)=C3)cc3cc(CC)ccc23)CC1C(=O)C(CC(=O)CC1CCCC1)C(C)(C)C)C(C)=O. The van der Waals surface area contributed by atoms with Crippen molar-refractivity contribution in [2.75, 3.05) is 0 Å². The Morgan fingerprint density at radius 2 is 1.69 bits per heavy atom. The number of Topliss-reactive ketones (excluding diaryl/α,β-unsaturated/α-hetero) is 4. The standard InChI is InChI=1S/C50H64O5/c1-7-32-17-19-42-38(21-32)24-37(36-18-16-35(22-36)20-33-14-11-15-33)25-47(42)55-41-27-43(46(53)30-50(31(3)51)29-39(50)8-2)44(28-41)48(54)45(49(4,5)6)26-40(52)23-34-12-9-10-13-34/h8,17-19,21-22,24-25,33-34,39,41,43-45H,2,7,9-16,20,23,26-30H2,1,3-6H3. The van der Waals surface area contributed by atoms with E-state index in [-0.39, 0.29) is 48.0 Å². The summed E-state index contributed by atoms with van der Waals surface area (Å²) in [7, 11) is 0. The molecule has 5 aliphatic carbocycles. The number of rotatable bonds is 17. The minimum absolute atomic E-state index is 0.0103. The van der Waals surface area contributed by atoms with Gasteiger partial charge in [-0.2, -0.15) is 0 Å². The van der Waals surface area contributed by atoms with Gasteiger partial charge in [-0.3, -0.25) is 19.2 Å². The molecular formula is C50H64O5. The van der Waals surface area contributed by atoms with Crippen LogP contribution >= 0.6 is 0 Å². The van der Waals surface area contributed by atoms with Crippen LogP contribution in [0.25, 0.3) is 16.3 Å². The van der Waals surface area contributed by atoms with E-state index in [1.807, 2.05) is 20.8 Å². The first-order valence-corrected chi connectivity index (χ1v) is 21.6. The lowest BCUT2D eigenvalue weighted by Gasteiger charge is -2.33. The molecule has 55 heavy (non-hydrogen) atoms. The summed E-state index contributed by atoms with van der Waals surface area (Å²) in [5.41, 5.74) is 3.99. The van der Waals surface area contributed by atoms with Crippen molar-refractivity contribution < 1.29 is 23.9 Å². The van der Waals surface area contributed by atoms with Crippen LogP contribution in [0, 0.1) is 46.3 Å². The molecule has 0 N–H and O–H groups in total. The van der Waals surface area contributed by atoms with Crippen molar-refractivity contribution in [3.63, 3.8) is 0 Å². The number of fused-ring (bicyclic) bond motifs is 1. The van der Waals surface area contributed by atoms with E-state index in [2.05, 4.69) is 56.0 Å². The zero-order chi connectivity index (χ0) is 39.1. The quantitative estimate of drug-likeness (QED) is 0.151. The fourth-order valence-electron chi connectivity index (χ4n) is 10.6. The Morgan fingerprint density at radius 3 is 2.33 bits per heavy atom. The summed E-state index contributed by atoms with van der Waals surface area (Å²) in [6.45, 7) is 13.8. The maximum atomic E-state index is 14.9. The van der Waals surface area contributed by atoms with Gasteiger partial charge < -0.3 is 4.74 Å². The van der Waals surface area contributed by atoms with Crippen LogP contribution in [0.15, 0.2) is 60.7 Å². The van der Waals surface area contributed by atoms with Crippen LogP contribution in [0.4, 0.5) is 0 Å². The minimum atomic E-state index is -0.715. The number of hydrogen-bond donors (Lipinski definition) is 0. The predicted octanol–water partition coefficient (Wildman–Crippen LogP) is 11.6. The summed E-state index contributed by atoms with van der Waals surface area (Å²) >= 11 is 0. The van der Waals surface area contributed by atoms with Gasteiger partial charge in [-0.1, -0.05) is 115 Å². The Bertz CT molecular complexity index is 1890. The van der Waals surface area contributed by atoms with E-state index in [0.717, 1.165) is 53.7 Å². The first-order valence-electron chi connectivity index (χ1n) is 21.6. The van der Waals surface area contributed by atoms with E-state index in [1.54, 1.807) is 13.0 Å². The van der Waals surface area contributed by atoms with Crippen LogP contribution < -0.4 is 4.74 Å². The van der Waals surface area contributed by atoms with Gasteiger partial charge in [0.2, 0.25) is 0 Å². The third kappa shape index (κ3) is 8.57. The highest BCUT2D eigenvalue weighted by Crippen LogP contribution is 2.58. The topological polar surface area (TPSA) is 77.5 Å². The lowest BCUT2D eigenvalue weighted by atomic mass is 9.69. The van der Waals surface area contributed by atoms with Gasteiger partial charge in [0, 0.05) is 47.8 Å². The minimum Gasteiger partial charge on any atom is -0.490 e. The Balaban J connectivity index is 1.18. The molecule has 0 aliphatic heterocycles. The van der Waals surface area contributed by atoms with Crippen LogP contribution in [-0.2, 0) is 25.6 Å². The van der Waals surface area contributed by atoms with Gasteiger partial charge in [-0.05, 0) is 103 Å². The highest BCUT2D eigenvalue weighted by molar-refractivity contribution is 5.98. The number of ether oxygens (including phenoxy) is 1. The monoisotopic (exact) mass is 744 g/mol. The molecule has 5 heteroatoms. The van der Waals surface area contributed by atoms with E-state index >= 15 is 0 Å². The number of aryl methyl sites for hydroxylation is 1. The van der Waals surface area contributed by atoms with E-state index in [4.69, 9.17) is 4.74 Å². The Morgan fingerprint density at radius 1 is 0.964 bits per heavy atom. The van der Waals surface area contributed by atoms with Gasteiger partial charge in [0.05, 0.1) is 0 Å². The molecule has 5 aliphatic rings. The van der Waals surface area contributed by atoms with Crippen LogP contribution in [0.5, 0.6) is 5.75 Å². The average Bonchev–Trinajstić information content (AvgIpc) is 3.55. The third-order valence-electron chi connectivity index (χ3n) is 14.5. The van der Waals surface area contributed by atoms with Gasteiger partial charge in [0.25, 0.3) is 0 Å². The third-order valence-corrected chi connectivity index (χ3v) is 14.5. The van der Waals surface area contributed by atoms with Gasteiger partial charge in [0.15, 0.2) is 0 Å². The van der Waals surface area contributed by atoms with Crippen molar-refractivity contribution in [3.05, 3.63) is 71.8 Å². The van der Waals surface area contributed by atoms with E-state index in [0.29, 0.717) is 31.6 Å². The zero-order valence-electron chi connectivity index (χ0n) is 34.2. The van der Waals surface area contributed by atoms with E-state index in [9.17, 15) is 19.2 Å². The molecule has 0 bridgehead atoms. The molecule has 4 saturated carbocycles. The predicted molar refractivity (Wildman–Crippen MR) is 222 cm³/mol. The highest BCUT2D eigenvalue weighted by atomic mass is 16.5. The van der Waals surface area contributed by atoms with Crippen molar-refractivity contribution >= 4 is 39.5 Å². The van der Waals surface area contributed by atoms with Gasteiger partial charge >= 0.3 is 0 Å². The summed E-state index contributed by atoms with van der Waals surface area (Å²) in [5, 5.41) is 2.16. The van der Waals surface area contributed by atoms with Crippen molar-refractivity contribution in [1.29, 1.82) is 0 Å². The first kappa shape index (κ1) is 39.6. The second-order valence-electron chi connectivity index (χ2n) is 19.3. The largest absolute Gasteiger partial charge is 0.490 e. The fraction of sp³-hybridized carbons (Fsp3) is 0.600. The van der Waals surface area contributed by atoms with Crippen molar-refractivity contribution in [3.8, 4) is 5.75 Å². The van der Waals surface area contributed by atoms with Crippen LogP contribution in [-0.4, -0.2) is 29.2 Å². The van der Waals surface area contributed by atoms with E-state index in [1.165, 1.54) is 55.2 Å². The molecule has 0 radical (unpaired) electrons. The lowest BCUT2D eigenvalue weighted by molar-refractivity contribution is -0.139. The van der Waals surface area contributed by atoms with Gasteiger partial charge in [0.1, 0.15) is 35.0 Å². The number of benzene rings is 2. The smallest absolute Gasteiger partial charge is 0.140 e. The summed E-state index contributed by atoms with van der Waals surface area (Å²) in [4.78, 5) is 55.8. The van der Waals surface area contributed by atoms with Crippen LogP contribution in [0.2, 0.25) is 0 Å². The summed E-state index contributed by atoms with van der Waals surface area (Å²) < 4.78 is 7.01. The molecule has 4 fully saturated rings. The molecule has 0 spiro atoms.